The lowest BCUT2D eigenvalue weighted by Gasteiger charge is -2.12. The highest BCUT2D eigenvalue weighted by molar-refractivity contribution is 5.59. The van der Waals surface area contributed by atoms with E-state index in [0.717, 1.165) is 0 Å². The fourth-order valence-electron chi connectivity index (χ4n) is 0.345. The second-order valence-corrected chi connectivity index (χ2v) is 2.06. The van der Waals surface area contributed by atoms with Crippen LogP contribution in [0.3, 0.4) is 0 Å². The van der Waals surface area contributed by atoms with Crippen LogP contribution in [0.2, 0.25) is 0 Å². The zero-order chi connectivity index (χ0) is 6.62. The molecule has 46 valence electrons. The first-order valence-electron chi connectivity index (χ1n) is 2.36. The normalized spacial score (nSPS) is 11.4. The third-order valence-electron chi connectivity index (χ3n) is 0.725. The smallest absolute Gasteiger partial charge is 0.128 e. The van der Waals surface area contributed by atoms with E-state index < -0.39 is 5.41 Å². The Hall–Kier alpha value is -0.370. The highest BCUT2D eigenvalue weighted by atomic mass is 16.5. The molecule has 0 unspecified atom stereocenters. The van der Waals surface area contributed by atoms with E-state index in [1.54, 1.807) is 6.92 Å². The van der Waals surface area contributed by atoms with Crippen molar-refractivity contribution in [1.82, 2.24) is 0 Å². The Morgan fingerprint density at radius 1 is 1.88 bits per heavy atom. The van der Waals surface area contributed by atoms with Gasteiger partial charge in [-0.3, -0.25) is 0 Å². The lowest BCUT2D eigenvalue weighted by atomic mass is 9.98. The summed E-state index contributed by atoms with van der Waals surface area (Å²) >= 11 is 0. The molecular weight excluding hydrogens is 104 g/mol. The third kappa shape index (κ3) is 2.75. The third-order valence-corrected chi connectivity index (χ3v) is 0.725. The zero-order valence-corrected chi connectivity index (χ0v) is 5.18. The minimum atomic E-state index is -0.811. The molecule has 0 aliphatic heterocycles. The van der Waals surface area contributed by atoms with E-state index in [4.69, 9.17) is 6.92 Å². The fraction of sp³-hybridized carbons (Fsp3) is 0.667. The van der Waals surface area contributed by atoms with Gasteiger partial charge in [-0.1, -0.05) is 6.92 Å². The molecule has 0 fully saturated rings. The summed E-state index contributed by atoms with van der Waals surface area (Å²) in [7, 11) is 1.51. The van der Waals surface area contributed by atoms with Crippen molar-refractivity contribution in [2.45, 2.75) is 6.92 Å². The lowest BCUT2D eigenvalue weighted by molar-refractivity contribution is -0.115. The van der Waals surface area contributed by atoms with Crippen LogP contribution in [0.5, 0.6) is 0 Å². The van der Waals surface area contributed by atoms with E-state index >= 15 is 0 Å². The first-order chi connectivity index (χ1) is 3.62. The van der Waals surface area contributed by atoms with Crippen molar-refractivity contribution in [3.63, 3.8) is 0 Å². The van der Waals surface area contributed by atoms with Crippen molar-refractivity contribution in [1.29, 1.82) is 0 Å². The Balaban J connectivity index is 3.53. The molecule has 0 saturated heterocycles. The lowest BCUT2D eigenvalue weighted by Crippen LogP contribution is -2.19. The van der Waals surface area contributed by atoms with Gasteiger partial charge in [0.25, 0.3) is 0 Å². The van der Waals surface area contributed by atoms with Crippen molar-refractivity contribution in [2.75, 3.05) is 13.7 Å². The van der Waals surface area contributed by atoms with Crippen molar-refractivity contribution in [3.05, 3.63) is 6.92 Å². The predicted octanol–water partition coefficient (Wildman–Crippen LogP) is 0.549. The van der Waals surface area contributed by atoms with Crippen LogP contribution in [0.15, 0.2) is 0 Å². The molecule has 0 amide bonds. The SMILES string of the molecule is [CH][C@](C)(C=O)COC. The molecule has 0 aromatic rings. The Kier molecular flexibility index (Phi) is 2.69. The van der Waals surface area contributed by atoms with Crippen LogP contribution < -0.4 is 0 Å². The van der Waals surface area contributed by atoms with Gasteiger partial charge < -0.3 is 9.53 Å². The molecule has 0 spiro atoms. The van der Waals surface area contributed by atoms with Crippen LogP contribution >= 0.6 is 0 Å². The summed E-state index contributed by atoms with van der Waals surface area (Å²) in [5.41, 5.74) is -0.811. The number of rotatable bonds is 3. The molecule has 1 atom stereocenters. The molecule has 2 radical (unpaired) electrons. The van der Waals surface area contributed by atoms with Gasteiger partial charge in [0, 0.05) is 12.5 Å². The average Bonchev–Trinajstić information content (AvgIpc) is 1.67. The highest BCUT2D eigenvalue weighted by Gasteiger charge is 2.15. The molecule has 0 bridgehead atoms. The van der Waals surface area contributed by atoms with E-state index in [1.807, 2.05) is 0 Å². The van der Waals surface area contributed by atoms with E-state index in [-0.39, 0.29) is 6.61 Å². The number of ether oxygens (including phenoxy) is 1. The van der Waals surface area contributed by atoms with Crippen molar-refractivity contribution in [2.24, 2.45) is 5.41 Å². The summed E-state index contributed by atoms with van der Waals surface area (Å²) in [4.78, 5) is 10.0. The number of carbonyl (C=O) groups excluding carboxylic acids is 1. The summed E-state index contributed by atoms with van der Waals surface area (Å²) in [5, 5.41) is 0. The quantitative estimate of drug-likeness (QED) is 0.501. The molecular formula is C6H10O2. The summed E-state index contributed by atoms with van der Waals surface area (Å²) in [6, 6.07) is 0. The molecule has 0 heterocycles. The second kappa shape index (κ2) is 2.82. The van der Waals surface area contributed by atoms with Crippen LogP contribution in [0.4, 0.5) is 0 Å². The minimum Gasteiger partial charge on any atom is -0.384 e. The summed E-state index contributed by atoms with van der Waals surface area (Å²) < 4.78 is 4.64. The molecule has 0 aromatic carbocycles. The molecule has 2 nitrogen and oxygen atoms in total. The standard InChI is InChI=1S/C6H10O2/c1-6(2,4-7)5-8-3/h1,4H,5H2,2-3H3/t6-/m0/s1. The molecule has 0 N–H and O–H groups in total. The van der Waals surface area contributed by atoms with Crippen molar-refractivity contribution in [3.8, 4) is 0 Å². The summed E-state index contributed by atoms with van der Waals surface area (Å²) in [5.74, 6) is 0. The first kappa shape index (κ1) is 7.63. The Morgan fingerprint density at radius 2 is 2.38 bits per heavy atom. The van der Waals surface area contributed by atoms with Gasteiger partial charge in [0.1, 0.15) is 6.29 Å². The van der Waals surface area contributed by atoms with Crippen molar-refractivity contribution >= 4 is 6.29 Å². The number of aldehydes is 1. The van der Waals surface area contributed by atoms with E-state index in [1.165, 1.54) is 7.11 Å². The van der Waals surface area contributed by atoms with Gasteiger partial charge in [0.05, 0.1) is 6.61 Å². The maximum Gasteiger partial charge on any atom is 0.128 e. The van der Waals surface area contributed by atoms with Crippen LogP contribution in [-0.2, 0) is 9.53 Å². The van der Waals surface area contributed by atoms with E-state index in [2.05, 4.69) is 4.74 Å². The van der Waals surface area contributed by atoms with E-state index in [9.17, 15) is 4.79 Å². The Bertz CT molecular complexity index is 76.6. The summed E-state index contributed by atoms with van der Waals surface area (Å²) in [6.45, 7) is 7.22. The van der Waals surface area contributed by atoms with Gasteiger partial charge >= 0.3 is 0 Å². The van der Waals surface area contributed by atoms with Crippen molar-refractivity contribution < 1.29 is 9.53 Å². The van der Waals surface area contributed by atoms with Gasteiger partial charge in [-0.05, 0) is 6.92 Å². The topological polar surface area (TPSA) is 26.3 Å². The predicted molar refractivity (Wildman–Crippen MR) is 30.3 cm³/mol. The van der Waals surface area contributed by atoms with Crippen LogP contribution in [0.1, 0.15) is 6.92 Å². The Morgan fingerprint density at radius 3 is 2.50 bits per heavy atom. The maximum atomic E-state index is 10.0. The Labute approximate surface area is 49.8 Å². The molecule has 8 heavy (non-hydrogen) atoms. The van der Waals surface area contributed by atoms with Crippen LogP contribution in [0.25, 0.3) is 0 Å². The summed E-state index contributed by atoms with van der Waals surface area (Å²) in [6.07, 6.45) is 0.677. The first-order valence-corrected chi connectivity index (χ1v) is 2.36. The molecule has 0 rings (SSSR count). The van der Waals surface area contributed by atoms with Gasteiger partial charge in [-0.15, -0.1) is 0 Å². The monoisotopic (exact) mass is 114 g/mol. The highest BCUT2D eigenvalue weighted by Crippen LogP contribution is 2.08. The number of methoxy groups -OCH3 is 1. The van der Waals surface area contributed by atoms with Gasteiger partial charge in [-0.25, -0.2) is 0 Å². The van der Waals surface area contributed by atoms with Crippen LogP contribution in [0, 0.1) is 12.3 Å². The maximum absolute atomic E-state index is 10.0. The largest absolute Gasteiger partial charge is 0.384 e. The molecule has 0 aliphatic rings. The molecule has 0 aliphatic carbocycles. The van der Waals surface area contributed by atoms with E-state index in [0.29, 0.717) is 6.29 Å². The zero-order valence-electron chi connectivity index (χ0n) is 5.18. The molecule has 0 aromatic heterocycles. The molecule has 0 saturated carbocycles. The molecule has 2 heteroatoms. The minimum absolute atomic E-state index is 0.274. The van der Waals surface area contributed by atoms with Gasteiger partial charge in [0.2, 0.25) is 0 Å². The van der Waals surface area contributed by atoms with Gasteiger partial charge in [-0.2, -0.15) is 0 Å². The fourth-order valence-corrected chi connectivity index (χ4v) is 0.345. The number of hydrogen-bond donors (Lipinski definition) is 0. The van der Waals surface area contributed by atoms with Crippen LogP contribution in [-0.4, -0.2) is 20.0 Å². The van der Waals surface area contributed by atoms with Gasteiger partial charge in [0.15, 0.2) is 0 Å². The average molecular weight is 114 g/mol. The second-order valence-electron chi connectivity index (χ2n) is 2.06. The number of carbonyl (C=O) groups is 1. The number of hydrogen-bond acceptors (Lipinski definition) is 2.